The first-order chi connectivity index (χ1) is 12.3. The lowest BCUT2D eigenvalue weighted by atomic mass is 9.85. The molecule has 0 bridgehead atoms. The van der Waals surface area contributed by atoms with Crippen molar-refractivity contribution in [1.82, 2.24) is 0 Å². The molecule has 140 valence electrons. The van der Waals surface area contributed by atoms with Gasteiger partial charge in [0.25, 0.3) is 0 Å². The molecule has 4 heteroatoms. The molecule has 0 heterocycles. The Morgan fingerprint density at radius 3 is 1.81 bits per heavy atom. The normalized spacial score (nSPS) is 14.1. The minimum absolute atomic E-state index is 0.112. The minimum atomic E-state index is -1.97. The molecule has 0 aliphatic rings. The third-order valence-corrected chi connectivity index (χ3v) is 6.68. The van der Waals surface area contributed by atoms with E-state index in [4.69, 9.17) is 9.16 Å². The first-order valence-electron chi connectivity index (χ1n) is 9.19. The van der Waals surface area contributed by atoms with Crippen LogP contribution in [-0.4, -0.2) is 21.3 Å². The number of rotatable bonds is 7. The van der Waals surface area contributed by atoms with E-state index in [9.17, 15) is 4.79 Å². The number of ether oxygens (including phenoxy) is 1. The Balaban J connectivity index is 2.31. The van der Waals surface area contributed by atoms with Gasteiger partial charge in [-0.3, -0.25) is 4.79 Å². The monoisotopic (exact) mass is 370 g/mol. The Morgan fingerprint density at radius 2 is 1.42 bits per heavy atom. The smallest absolute Gasteiger partial charge is 0.304 e. The molecule has 0 amide bonds. The molecular formula is C22H30O3Si. The summed E-state index contributed by atoms with van der Waals surface area (Å²) in [5.74, 6) is -0.189. The maximum atomic E-state index is 11.7. The Hall–Kier alpha value is -1.91. The fourth-order valence-corrected chi connectivity index (χ4v) is 5.68. The Kier molecular flexibility index (Phi) is 7.18. The van der Waals surface area contributed by atoms with Gasteiger partial charge in [0.1, 0.15) is 0 Å². The highest BCUT2D eigenvalue weighted by Crippen LogP contribution is 2.28. The fraction of sp³-hybridized carbons (Fsp3) is 0.409. The second kappa shape index (κ2) is 9.15. The molecule has 1 unspecified atom stereocenters. The first-order valence-corrected chi connectivity index (χ1v) is 10.8. The van der Waals surface area contributed by atoms with Gasteiger partial charge in [-0.1, -0.05) is 88.4 Å². The van der Waals surface area contributed by atoms with E-state index in [-0.39, 0.29) is 17.3 Å². The molecule has 2 rings (SSSR count). The summed E-state index contributed by atoms with van der Waals surface area (Å²) in [6.45, 7) is 10.1. The molecule has 0 saturated carbocycles. The van der Waals surface area contributed by atoms with Gasteiger partial charge in [0.15, 0.2) is 6.29 Å². The van der Waals surface area contributed by atoms with Gasteiger partial charge in [-0.15, -0.1) is 0 Å². The lowest BCUT2D eigenvalue weighted by Crippen LogP contribution is -2.49. The molecule has 2 atom stereocenters. The summed E-state index contributed by atoms with van der Waals surface area (Å²) in [7, 11) is -1.97. The van der Waals surface area contributed by atoms with Crippen molar-refractivity contribution in [2.75, 3.05) is 0 Å². The van der Waals surface area contributed by atoms with Gasteiger partial charge in [0, 0.05) is 12.8 Å². The van der Waals surface area contributed by atoms with Gasteiger partial charge >= 0.3 is 5.97 Å². The van der Waals surface area contributed by atoms with Crippen LogP contribution in [0.5, 0.6) is 0 Å². The first kappa shape index (κ1) is 20.4. The molecule has 0 aliphatic heterocycles. The van der Waals surface area contributed by atoms with E-state index in [1.165, 1.54) is 17.3 Å². The zero-order chi connectivity index (χ0) is 19.2. The van der Waals surface area contributed by atoms with Gasteiger partial charge in [-0.25, -0.2) is 0 Å². The van der Waals surface area contributed by atoms with Crippen molar-refractivity contribution in [3.05, 3.63) is 60.7 Å². The number of hydrogen-bond donors (Lipinski definition) is 0. The van der Waals surface area contributed by atoms with Crippen LogP contribution in [0.25, 0.3) is 0 Å². The SMILES string of the molecule is CC(=O)O[C@H](O[SiH](c1ccccc1)c1ccccc1)C(C)CC(C)(C)C. The summed E-state index contributed by atoms with van der Waals surface area (Å²) in [5, 5.41) is 2.36. The van der Waals surface area contributed by atoms with Crippen LogP contribution >= 0.6 is 0 Å². The molecule has 0 spiro atoms. The molecule has 26 heavy (non-hydrogen) atoms. The topological polar surface area (TPSA) is 35.5 Å². The summed E-state index contributed by atoms with van der Waals surface area (Å²) < 4.78 is 12.1. The number of benzene rings is 2. The predicted molar refractivity (Wildman–Crippen MR) is 109 cm³/mol. The molecule has 3 nitrogen and oxygen atoms in total. The van der Waals surface area contributed by atoms with Crippen molar-refractivity contribution in [3.8, 4) is 0 Å². The maximum Gasteiger partial charge on any atom is 0.304 e. The third-order valence-electron chi connectivity index (χ3n) is 4.16. The van der Waals surface area contributed by atoms with Crippen LogP contribution < -0.4 is 10.4 Å². The minimum Gasteiger partial charge on any atom is -0.437 e. The number of carbonyl (C=O) groups is 1. The number of esters is 1. The average Bonchev–Trinajstić information content (AvgIpc) is 2.58. The van der Waals surface area contributed by atoms with Crippen LogP contribution in [0.2, 0.25) is 0 Å². The molecular weight excluding hydrogens is 340 g/mol. The summed E-state index contributed by atoms with van der Waals surface area (Å²) >= 11 is 0. The highest BCUT2D eigenvalue weighted by atomic mass is 28.3. The standard InChI is InChI=1S/C22H30O3Si/c1-17(16-22(3,4)5)21(24-18(2)23)25-26(19-12-8-6-9-13-19)20-14-10-7-11-15-20/h6-15,17,21,26H,16H2,1-5H3/t17?,21-/m1/s1. The second-order valence-electron chi connectivity index (χ2n) is 8.06. The van der Waals surface area contributed by atoms with E-state index in [0.717, 1.165) is 6.42 Å². The Bertz CT molecular complexity index is 640. The molecule has 2 aromatic carbocycles. The molecule has 0 aromatic heterocycles. The van der Waals surface area contributed by atoms with Crippen LogP contribution in [0.4, 0.5) is 0 Å². The van der Waals surface area contributed by atoms with E-state index in [1.807, 2.05) is 36.4 Å². The zero-order valence-electron chi connectivity index (χ0n) is 16.4. The van der Waals surface area contributed by atoms with E-state index < -0.39 is 15.3 Å². The molecule has 0 radical (unpaired) electrons. The van der Waals surface area contributed by atoms with Gasteiger partial charge in [-0.05, 0) is 22.2 Å². The van der Waals surface area contributed by atoms with E-state index >= 15 is 0 Å². The van der Waals surface area contributed by atoms with Crippen LogP contribution in [0.1, 0.15) is 41.0 Å². The Morgan fingerprint density at radius 1 is 0.962 bits per heavy atom. The van der Waals surface area contributed by atoms with Crippen molar-refractivity contribution < 1.29 is 14.0 Å². The van der Waals surface area contributed by atoms with Gasteiger partial charge in [-0.2, -0.15) is 0 Å². The van der Waals surface area contributed by atoms with Crippen LogP contribution in [0, 0.1) is 11.3 Å². The van der Waals surface area contributed by atoms with Gasteiger partial charge in [0.05, 0.1) is 0 Å². The van der Waals surface area contributed by atoms with Gasteiger partial charge in [0.2, 0.25) is 9.04 Å². The third kappa shape index (κ3) is 6.43. The summed E-state index contributed by atoms with van der Waals surface area (Å²) in [6.07, 6.45) is 0.374. The summed E-state index contributed by atoms with van der Waals surface area (Å²) in [6, 6.07) is 20.5. The largest absolute Gasteiger partial charge is 0.437 e. The van der Waals surface area contributed by atoms with E-state index in [0.29, 0.717) is 0 Å². The fourth-order valence-electron chi connectivity index (χ4n) is 3.24. The quantitative estimate of drug-likeness (QED) is 0.425. The van der Waals surface area contributed by atoms with E-state index in [1.54, 1.807) is 0 Å². The second-order valence-corrected chi connectivity index (χ2v) is 10.4. The molecule has 0 fully saturated rings. The van der Waals surface area contributed by atoms with Crippen molar-refractivity contribution in [2.24, 2.45) is 11.3 Å². The molecule has 2 aromatic rings. The van der Waals surface area contributed by atoms with E-state index in [2.05, 4.69) is 52.0 Å². The molecule has 0 aliphatic carbocycles. The van der Waals surface area contributed by atoms with Crippen LogP contribution in [0.3, 0.4) is 0 Å². The van der Waals surface area contributed by atoms with Crippen molar-refractivity contribution in [1.29, 1.82) is 0 Å². The average molecular weight is 371 g/mol. The van der Waals surface area contributed by atoms with Crippen LogP contribution in [0.15, 0.2) is 60.7 Å². The molecule has 0 N–H and O–H groups in total. The highest BCUT2D eigenvalue weighted by Gasteiger charge is 2.30. The van der Waals surface area contributed by atoms with Crippen molar-refractivity contribution >= 4 is 25.4 Å². The van der Waals surface area contributed by atoms with Crippen molar-refractivity contribution in [3.63, 3.8) is 0 Å². The number of carbonyl (C=O) groups excluding carboxylic acids is 1. The van der Waals surface area contributed by atoms with Gasteiger partial charge < -0.3 is 9.16 Å². The lowest BCUT2D eigenvalue weighted by molar-refractivity contribution is -0.169. The summed E-state index contributed by atoms with van der Waals surface area (Å²) in [5.41, 5.74) is 0.137. The molecule has 0 saturated heterocycles. The summed E-state index contributed by atoms with van der Waals surface area (Å²) in [4.78, 5) is 11.7. The van der Waals surface area contributed by atoms with Crippen LogP contribution in [-0.2, 0) is 14.0 Å². The highest BCUT2D eigenvalue weighted by molar-refractivity contribution is 6.80. The zero-order valence-corrected chi connectivity index (χ0v) is 17.6. The lowest BCUT2D eigenvalue weighted by Gasteiger charge is -2.32. The Labute approximate surface area is 159 Å². The van der Waals surface area contributed by atoms with Crippen molar-refractivity contribution in [2.45, 2.75) is 47.3 Å². The number of hydrogen-bond acceptors (Lipinski definition) is 3. The predicted octanol–water partition coefficient (Wildman–Crippen LogP) is 3.50. The maximum absolute atomic E-state index is 11.7.